The van der Waals surface area contributed by atoms with Gasteiger partial charge in [-0.15, -0.1) is 0 Å². The van der Waals surface area contributed by atoms with E-state index in [4.69, 9.17) is 5.73 Å². The number of anilines is 1. The van der Waals surface area contributed by atoms with Gasteiger partial charge in [0, 0.05) is 18.8 Å². The summed E-state index contributed by atoms with van der Waals surface area (Å²) in [6.07, 6.45) is 0. The molecule has 0 saturated carbocycles. The van der Waals surface area contributed by atoms with Gasteiger partial charge in [0.1, 0.15) is 0 Å². The molecule has 0 aromatic heterocycles. The van der Waals surface area contributed by atoms with Crippen LogP contribution in [0.3, 0.4) is 0 Å². The predicted octanol–water partition coefficient (Wildman–Crippen LogP) is 1.44. The summed E-state index contributed by atoms with van der Waals surface area (Å²) in [5, 5.41) is 2.97. The summed E-state index contributed by atoms with van der Waals surface area (Å²) in [6.45, 7) is 7.73. The van der Waals surface area contributed by atoms with E-state index in [1.165, 1.54) is 5.56 Å². The first-order chi connectivity index (χ1) is 8.43. The van der Waals surface area contributed by atoms with E-state index < -0.39 is 0 Å². The molecule has 0 bridgehead atoms. The summed E-state index contributed by atoms with van der Waals surface area (Å²) in [4.78, 5) is 13.8. The lowest BCUT2D eigenvalue weighted by atomic mass is 10.1. The Bertz CT molecular complexity index is 406. The van der Waals surface area contributed by atoms with E-state index in [-0.39, 0.29) is 5.91 Å². The third-order valence-electron chi connectivity index (χ3n) is 2.87. The molecular weight excluding hydrogens is 226 g/mol. The summed E-state index contributed by atoms with van der Waals surface area (Å²) in [6, 6.07) is 4.15. The summed E-state index contributed by atoms with van der Waals surface area (Å²) in [7, 11) is 1.89. The molecule has 0 unspecified atom stereocenters. The largest absolute Gasteiger partial charge is 0.329 e. The van der Waals surface area contributed by atoms with Crippen molar-refractivity contribution >= 4 is 11.6 Å². The zero-order valence-electron chi connectivity index (χ0n) is 11.7. The van der Waals surface area contributed by atoms with Crippen LogP contribution in [0, 0.1) is 20.8 Å². The molecule has 0 aliphatic rings. The maximum atomic E-state index is 11.9. The van der Waals surface area contributed by atoms with E-state index in [1.807, 2.05) is 25.8 Å². The van der Waals surface area contributed by atoms with Crippen molar-refractivity contribution in [3.8, 4) is 0 Å². The monoisotopic (exact) mass is 249 g/mol. The molecule has 0 aliphatic carbocycles. The van der Waals surface area contributed by atoms with E-state index in [9.17, 15) is 4.79 Å². The molecule has 1 amide bonds. The Kier molecular flexibility index (Phi) is 5.31. The van der Waals surface area contributed by atoms with Crippen LogP contribution in [0.5, 0.6) is 0 Å². The summed E-state index contributed by atoms with van der Waals surface area (Å²) in [5.41, 5.74) is 9.78. The highest BCUT2D eigenvalue weighted by molar-refractivity contribution is 5.93. The van der Waals surface area contributed by atoms with Crippen LogP contribution in [0.2, 0.25) is 0 Å². The molecule has 3 N–H and O–H groups in total. The zero-order valence-corrected chi connectivity index (χ0v) is 11.7. The molecule has 1 aromatic carbocycles. The third kappa shape index (κ3) is 4.13. The second-order valence-corrected chi connectivity index (χ2v) is 4.85. The highest BCUT2D eigenvalue weighted by Gasteiger charge is 2.10. The van der Waals surface area contributed by atoms with Gasteiger partial charge in [-0.25, -0.2) is 0 Å². The number of carbonyl (C=O) groups is 1. The fourth-order valence-electron chi connectivity index (χ4n) is 2.10. The number of hydrogen-bond donors (Lipinski definition) is 2. The summed E-state index contributed by atoms with van der Waals surface area (Å²) < 4.78 is 0. The van der Waals surface area contributed by atoms with Crippen LogP contribution in [-0.2, 0) is 4.79 Å². The minimum Gasteiger partial charge on any atom is -0.329 e. The number of amides is 1. The Morgan fingerprint density at radius 3 is 2.33 bits per heavy atom. The van der Waals surface area contributed by atoms with Crippen molar-refractivity contribution in [2.45, 2.75) is 20.8 Å². The SMILES string of the molecule is Cc1cc(C)c(NC(=O)CN(C)CCN)c(C)c1. The van der Waals surface area contributed by atoms with E-state index in [2.05, 4.69) is 24.4 Å². The first-order valence-corrected chi connectivity index (χ1v) is 6.20. The number of rotatable bonds is 5. The van der Waals surface area contributed by atoms with Crippen molar-refractivity contribution in [2.24, 2.45) is 5.73 Å². The van der Waals surface area contributed by atoms with E-state index in [0.29, 0.717) is 13.1 Å². The van der Waals surface area contributed by atoms with Gasteiger partial charge in [-0.05, 0) is 38.9 Å². The van der Waals surface area contributed by atoms with Gasteiger partial charge in [-0.3, -0.25) is 9.69 Å². The molecule has 0 spiro atoms. The Balaban J connectivity index is 2.70. The molecule has 4 nitrogen and oxygen atoms in total. The van der Waals surface area contributed by atoms with Crippen LogP contribution < -0.4 is 11.1 Å². The number of carbonyl (C=O) groups excluding carboxylic acids is 1. The molecule has 4 heteroatoms. The zero-order chi connectivity index (χ0) is 13.7. The van der Waals surface area contributed by atoms with Gasteiger partial charge in [0.25, 0.3) is 0 Å². The van der Waals surface area contributed by atoms with Crippen molar-refractivity contribution in [2.75, 3.05) is 32.0 Å². The van der Waals surface area contributed by atoms with Gasteiger partial charge in [0.05, 0.1) is 6.54 Å². The van der Waals surface area contributed by atoms with Crippen LogP contribution in [0.4, 0.5) is 5.69 Å². The molecule has 0 aliphatic heterocycles. The lowest BCUT2D eigenvalue weighted by Crippen LogP contribution is -2.33. The van der Waals surface area contributed by atoms with Crippen molar-refractivity contribution < 1.29 is 4.79 Å². The molecule has 0 heterocycles. The standard InChI is InChI=1S/C14H23N3O/c1-10-7-11(2)14(12(3)8-10)16-13(18)9-17(4)6-5-15/h7-8H,5-6,9,15H2,1-4H3,(H,16,18). The third-order valence-corrected chi connectivity index (χ3v) is 2.87. The van der Waals surface area contributed by atoms with Gasteiger partial charge in [0.2, 0.25) is 5.91 Å². The number of nitrogens with zero attached hydrogens (tertiary/aromatic N) is 1. The first kappa shape index (κ1) is 14.7. The van der Waals surface area contributed by atoms with Gasteiger partial charge in [-0.2, -0.15) is 0 Å². The van der Waals surface area contributed by atoms with Crippen molar-refractivity contribution in [1.29, 1.82) is 0 Å². The van der Waals surface area contributed by atoms with Crippen LogP contribution in [0.1, 0.15) is 16.7 Å². The van der Waals surface area contributed by atoms with Crippen LogP contribution >= 0.6 is 0 Å². The molecule has 0 fully saturated rings. The summed E-state index contributed by atoms with van der Waals surface area (Å²) >= 11 is 0. The lowest BCUT2D eigenvalue weighted by Gasteiger charge is -2.17. The molecule has 0 atom stereocenters. The average Bonchev–Trinajstić information content (AvgIpc) is 2.23. The molecule has 18 heavy (non-hydrogen) atoms. The maximum Gasteiger partial charge on any atom is 0.238 e. The molecule has 1 aromatic rings. The number of nitrogens with one attached hydrogen (secondary N) is 1. The van der Waals surface area contributed by atoms with E-state index in [1.54, 1.807) is 0 Å². The van der Waals surface area contributed by atoms with E-state index >= 15 is 0 Å². The molecule has 0 saturated heterocycles. The van der Waals surface area contributed by atoms with Crippen molar-refractivity contribution in [3.05, 3.63) is 28.8 Å². The lowest BCUT2D eigenvalue weighted by molar-refractivity contribution is -0.117. The smallest absolute Gasteiger partial charge is 0.238 e. The van der Waals surface area contributed by atoms with Gasteiger partial charge in [0.15, 0.2) is 0 Å². The van der Waals surface area contributed by atoms with Gasteiger partial charge >= 0.3 is 0 Å². The van der Waals surface area contributed by atoms with E-state index in [0.717, 1.165) is 23.4 Å². The Hall–Kier alpha value is -1.39. The minimum absolute atomic E-state index is 0.000929. The van der Waals surface area contributed by atoms with Crippen molar-refractivity contribution in [1.82, 2.24) is 4.90 Å². The predicted molar refractivity (Wildman–Crippen MR) is 75.8 cm³/mol. The molecule has 100 valence electrons. The normalized spacial score (nSPS) is 10.8. The number of likely N-dealkylation sites (N-methyl/N-ethyl adjacent to an activating group) is 1. The average molecular weight is 249 g/mol. The molecule has 1 rings (SSSR count). The molecule has 0 radical (unpaired) electrons. The second-order valence-electron chi connectivity index (χ2n) is 4.85. The maximum absolute atomic E-state index is 11.9. The van der Waals surface area contributed by atoms with Crippen LogP contribution in [0.15, 0.2) is 12.1 Å². The Labute approximate surface area is 109 Å². The number of hydrogen-bond acceptors (Lipinski definition) is 3. The molecular formula is C14H23N3O. The fraction of sp³-hybridized carbons (Fsp3) is 0.500. The highest BCUT2D eigenvalue weighted by atomic mass is 16.2. The van der Waals surface area contributed by atoms with Gasteiger partial charge < -0.3 is 11.1 Å². The second kappa shape index (κ2) is 6.52. The van der Waals surface area contributed by atoms with Crippen molar-refractivity contribution in [3.63, 3.8) is 0 Å². The Morgan fingerprint density at radius 2 is 1.83 bits per heavy atom. The fourth-order valence-corrected chi connectivity index (χ4v) is 2.10. The topological polar surface area (TPSA) is 58.4 Å². The van der Waals surface area contributed by atoms with Crippen LogP contribution in [-0.4, -0.2) is 37.5 Å². The quantitative estimate of drug-likeness (QED) is 0.830. The number of aryl methyl sites for hydroxylation is 3. The van der Waals surface area contributed by atoms with Crippen LogP contribution in [0.25, 0.3) is 0 Å². The number of nitrogens with two attached hydrogens (primary N) is 1. The first-order valence-electron chi connectivity index (χ1n) is 6.20. The Morgan fingerprint density at radius 1 is 1.28 bits per heavy atom. The minimum atomic E-state index is 0.000929. The highest BCUT2D eigenvalue weighted by Crippen LogP contribution is 2.21. The number of benzene rings is 1. The van der Waals surface area contributed by atoms with Gasteiger partial charge in [-0.1, -0.05) is 17.7 Å². The summed E-state index contributed by atoms with van der Waals surface area (Å²) in [5.74, 6) is 0.000929.